The Morgan fingerprint density at radius 1 is 1.55 bits per heavy atom. The zero-order valence-corrected chi connectivity index (χ0v) is 12.8. The third-order valence-corrected chi connectivity index (χ3v) is 4.53. The van der Waals surface area contributed by atoms with Crippen LogP contribution in [0.5, 0.6) is 0 Å². The van der Waals surface area contributed by atoms with Crippen molar-refractivity contribution >= 4 is 34.6 Å². The number of rotatable bonds is 5. The largest absolute Gasteiger partial charge is 0.478 e. The predicted molar refractivity (Wildman–Crippen MR) is 81.9 cm³/mol. The lowest BCUT2D eigenvalue weighted by atomic mass is 10.1. The SMILES string of the molecule is CCc1cnc(C(C)Nc2cccc(Cl)c2C(=O)O)s1. The molecule has 106 valence electrons. The van der Waals surface area contributed by atoms with Crippen LogP contribution in [-0.2, 0) is 6.42 Å². The van der Waals surface area contributed by atoms with Crippen LogP contribution in [0.2, 0.25) is 5.02 Å². The van der Waals surface area contributed by atoms with E-state index in [0.29, 0.717) is 5.69 Å². The van der Waals surface area contributed by atoms with Gasteiger partial charge in [0.25, 0.3) is 0 Å². The van der Waals surface area contributed by atoms with E-state index in [1.54, 1.807) is 29.5 Å². The molecule has 0 saturated heterocycles. The van der Waals surface area contributed by atoms with Gasteiger partial charge < -0.3 is 10.4 Å². The van der Waals surface area contributed by atoms with E-state index in [2.05, 4.69) is 17.2 Å². The summed E-state index contributed by atoms with van der Waals surface area (Å²) in [4.78, 5) is 16.8. The number of hydrogen-bond donors (Lipinski definition) is 2. The maximum absolute atomic E-state index is 11.3. The van der Waals surface area contributed by atoms with Crippen molar-refractivity contribution in [2.24, 2.45) is 0 Å². The van der Waals surface area contributed by atoms with E-state index in [0.717, 1.165) is 11.4 Å². The highest BCUT2D eigenvalue weighted by Crippen LogP contribution is 2.29. The number of halogens is 1. The van der Waals surface area contributed by atoms with E-state index in [-0.39, 0.29) is 16.6 Å². The lowest BCUT2D eigenvalue weighted by Crippen LogP contribution is -2.10. The highest BCUT2D eigenvalue weighted by atomic mass is 35.5. The lowest BCUT2D eigenvalue weighted by molar-refractivity contribution is 0.0698. The minimum atomic E-state index is -1.04. The standard InChI is InChI=1S/C14H15ClN2O2S/c1-3-9-7-16-13(20-9)8(2)17-11-6-4-5-10(15)12(11)14(18)19/h4-8,17H,3H2,1-2H3,(H,18,19). The summed E-state index contributed by atoms with van der Waals surface area (Å²) in [6.45, 7) is 4.03. The smallest absolute Gasteiger partial charge is 0.339 e. The van der Waals surface area contributed by atoms with Crippen molar-refractivity contribution in [3.63, 3.8) is 0 Å². The fourth-order valence-electron chi connectivity index (χ4n) is 1.84. The van der Waals surface area contributed by atoms with Gasteiger partial charge in [-0.2, -0.15) is 0 Å². The first kappa shape index (κ1) is 14.8. The molecule has 2 N–H and O–H groups in total. The number of carbonyl (C=O) groups is 1. The fraction of sp³-hybridized carbons (Fsp3) is 0.286. The Labute approximate surface area is 126 Å². The molecule has 4 nitrogen and oxygen atoms in total. The number of nitrogens with one attached hydrogen (secondary N) is 1. The Kier molecular flexibility index (Phi) is 4.62. The van der Waals surface area contributed by atoms with Crippen LogP contribution in [0.3, 0.4) is 0 Å². The van der Waals surface area contributed by atoms with Gasteiger partial charge >= 0.3 is 5.97 Å². The number of aromatic nitrogens is 1. The lowest BCUT2D eigenvalue weighted by Gasteiger charge is -2.15. The molecule has 0 aliphatic rings. The summed E-state index contributed by atoms with van der Waals surface area (Å²) in [7, 11) is 0. The van der Waals surface area contributed by atoms with Gasteiger partial charge in [-0.1, -0.05) is 24.6 Å². The maximum Gasteiger partial charge on any atom is 0.339 e. The summed E-state index contributed by atoms with van der Waals surface area (Å²) >= 11 is 7.57. The number of carboxylic acid groups (broad SMARTS) is 1. The molecule has 0 amide bonds. The molecule has 0 aliphatic carbocycles. The second-order valence-corrected chi connectivity index (χ2v) is 5.91. The highest BCUT2D eigenvalue weighted by molar-refractivity contribution is 7.11. The monoisotopic (exact) mass is 310 g/mol. The van der Waals surface area contributed by atoms with Crippen molar-refractivity contribution in [3.05, 3.63) is 44.9 Å². The van der Waals surface area contributed by atoms with Crippen LogP contribution in [0.1, 0.15) is 40.1 Å². The van der Waals surface area contributed by atoms with Gasteiger partial charge in [0.05, 0.1) is 16.8 Å². The molecule has 0 bridgehead atoms. The number of aryl methyl sites for hydroxylation is 1. The van der Waals surface area contributed by atoms with Crippen LogP contribution in [0.25, 0.3) is 0 Å². The first-order chi connectivity index (χ1) is 9.52. The molecule has 1 heterocycles. The van der Waals surface area contributed by atoms with Crippen LogP contribution >= 0.6 is 22.9 Å². The zero-order valence-electron chi connectivity index (χ0n) is 11.2. The third-order valence-electron chi connectivity index (χ3n) is 2.89. The minimum Gasteiger partial charge on any atom is -0.478 e. The van der Waals surface area contributed by atoms with E-state index in [4.69, 9.17) is 11.6 Å². The molecule has 2 aromatic rings. The molecule has 1 atom stereocenters. The first-order valence-corrected chi connectivity index (χ1v) is 7.45. The molecule has 0 radical (unpaired) electrons. The Balaban J connectivity index is 2.25. The molecule has 1 aromatic heterocycles. The Morgan fingerprint density at radius 3 is 2.90 bits per heavy atom. The van der Waals surface area contributed by atoms with Crippen molar-refractivity contribution in [1.29, 1.82) is 0 Å². The summed E-state index contributed by atoms with van der Waals surface area (Å²) in [5, 5.41) is 13.6. The van der Waals surface area contributed by atoms with Crippen LogP contribution in [0.15, 0.2) is 24.4 Å². The van der Waals surface area contributed by atoms with Gasteiger partial charge in [-0.3, -0.25) is 0 Å². The Hall–Kier alpha value is -1.59. The van der Waals surface area contributed by atoms with Crippen LogP contribution < -0.4 is 5.32 Å². The number of hydrogen-bond acceptors (Lipinski definition) is 4. The molecule has 1 unspecified atom stereocenters. The van der Waals surface area contributed by atoms with Crippen LogP contribution in [-0.4, -0.2) is 16.1 Å². The quantitative estimate of drug-likeness (QED) is 0.867. The number of anilines is 1. The van der Waals surface area contributed by atoms with Crippen molar-refractivity contribution in [2.75, 3.05) is 5.32 Å². The first-order valence-electron chi connectivity index (χ1n) is 6.25. The molecule has 6 heteroatoms. The number of nitrogens with zero attached hydrogens (tertiary/aromatic N) is 1. The summed E-state index contributed by atoms with van der Waals surface area (Å²) in [5.74, 6) is -1.04. The topological polar surface area (TPSA) is 62.2 Å². The molecule has 0 saturated carbocycles. The normalized spacial score (nSPS) is 12.2. The Morgan fingerprint density at radius 2 is 2.30 bits per heavy atom. The maximum atomic E-state index is 11.3. The van der Waals surface area contributed by atoms with Crippen molar-refractivity contribution in [1.82, 2.24) is 4.98 Å². The number of carboxylic acids is 1. The Bertz CT molecular complexity index is 627. The average molecular weight is 311 g/mol. The average Bonchev–Trinajstić information content (AvgIpc) is 2.87. The summed E-state index contributed by atoms with van der Waals surface area (Å²) in [6.07, 6.45) is 2.80. The number of thiazole rings is 1. The molecular formula is C14H15ClN2O2S. The minimum absolute atomic E-state index is 0.0723. The molecule has 0 fully saturated rings. The predicted octanol–water partition coefficient (Wildman–Crippen LogP) is 4.23. The fourth-order valence-corrected chi connectivity index (χ4v) is 2.96. The molecule has 0 spiro atoms. The second kappa shape index (κ2) is 6.24. The van der Waals surface area contributed by atoms with E-state index >= 15 is 0 Å². The van der Waals surface area contributed by atoms with Gasteiger partial charge in [-0.05, 0) is 25.5 Å². The van der Waals surface area contributed by atoms with E-state index in [1.165, 1.54) is 4.88 Å². The number of aromatic carboxylic acids is 1. The highest BCUT2D eigenvalue weighted by Gasteiger charge is 2.17. The summed E-state index contributed by atoms with van der Waals surface area (Å²) in [5.41, 5.74) is 0.596. The number of benzene rings is 1. The summed E-state index contributed by atoms with van der Waals surface area (Å²) in [6, 6.07) is 4.93. The van der Waals surface area contributed by atoms with Crippen molar-refractivity contribution in [2.45, 2.75) is 26.3 Å². The van der Waals surface area contributed by atoms with Gasteiger partial charge in [0.1, 0.15) is 10.6 Å². The molecule has 1 aromatic carbocycles. The molecule has 0 aliphatic heterocycles. The molecule has 20 heavy (non-hydrogen) atoms. The summed E-state index contributed by atoms with van der Waals surface area (Å²) < 4.78 is 0. The van der Waals surface area contributed by atoms with Crippen molar-refractivity contribution in [3.8, 4) is 0 Å². The van der Waals surface area contributed by atoms with E-state index in [1.807, 2.05) is 13.1 Å². The van der Waals surface area contributed by atoms with Gasteiger partial charge in [0.2, 0.25) is 0 Å². The van der Waals surface area contributed by atoms with Gasteiger partial charge in [0.15, 0.2) is 0 Å². The second-order valence-electron chi connectivity index (χ2n) is 4.35. The van der Waals surface area contributed by atoms with Gasteiger partial charge in [-0.25, -0.2) is 9.78 Å². The van der Waals surface area contributed by atoms with E-state index in [9.17, 15) is 9.90 Å². The van der Waals surface area contributed by atoms with Gasteiger partial charge in [0, 0.05) is 11.1 Å². The third kappa shape index (κ3) is 3.11. The van der Waals surface area contributed by atoms with E-state index < -0.39 is 5.97 Å². The van der Waals surface area contributed by atoms with Crippen molar-refractivity contribution < 1.29 is 9.90 Å². The zero-order chi connectivity index (χ0) is 14.7. The van der Waals surface area contributed by atoms with Gasteiger partial charge in [-0.15, -0.1) is 11.3 Å². The van der Waals surface area contributed by atoms with Crippen LogP contribution in [0, 0.1) is 0 Å². The van der Waals surface area contributed by atoms with Crippen LogP contribution in [0.4, 0.5) is 5.69 Å². The molecular weight excluding hydrogens is 296 g/mol. The molecule has 2 rings (SSSR count).